The van der Waals surface area contributed by atoms with Crippen LogP contribution in [0.4, 0.5) is 4.39 Å². The van der Waals surface area contributed by atoms with Gasteiger partial charge in [-0.15, -0.1) is 0 Å². The van der Waals surface area contributed by atoms with Crippen molar-refractivity contribution >= 4 is 17.6 Å². The molecule has 0 spiro atoms. The zero-order chi connectivity index (χ0) is 17.6. The fourth-order valence-corrected chi connectivity index (χ4v) is 2.22. The zero-order valence-corrected chi connectivity index (χ0v) is 13.8. The van der Waals surface area contributed by atoms with E-state index in [1.165, 1.54) is 18.2 Å². The summed E-state index contributed by atoms with van der Waals surface area (Å²) < 4.78 is 29.1. The topological polar surface area (TPSA) is 48.7 Å². The van der Waals surface area contributed by atoms with Crippen molar-refractivity contribution in [1.29, 1.82) is 0 Å². The fourth-order valence-electron chi connectivity index (χ4n) is 2.10. The molecule has 3 aromatic rings. The number of hydrogen-bond acceptors (Lipinski definition) is 4. The molecule has 0 fully saturated rings. The lowest BCUT2D eigenvalue weighted by Crippen LogP contribution is -2.04. The molecule has 0 saturated heterocycles. The summed E-state index contributed by atoms with van der Waals surface area (Å²) in [4.78, 5) is 12.0. The summed E-state index contributed by atoms with van der Waals surface area (Å²) in [6.07, 6.45) is 0. The maximum atomic E-state index is 13.1. The van der Waals surface area contributed by atoms with E-state index in [9.17, 15) is 9.18 Å². The van der Waals surface area contributed by atoms with Crippen LogP contribution in [0.25, 0.3) is 0 Å². The van der Waals surface area contributed by atoms with E-state index in [0.717, 1.165) is 0 Å². The van der Waals surface area contributed by atoms with E-state index >= 15 is 0 Å². The summed E-state index contributed by atoms with van der Waals surface area (Å²) in [7, 11) is 0. The molecule has 6 heteroatoms. The molecule has 0 bridgehead atoms. The third kappa shape index (κ3) is 4.84. The van der Waals surface area contributed by atoms with Crippen LogP contribution >= 0.6 is 11.6 Å². The third-order valence-electron chi connectivity index (χ3n) is 3.32. The van der Waals surface area contributed by atoms with Gasteiger partial charge in [0.05, 0.1) is 0 Å². The number of rotatable bonds is 6. The Hall–Kier alpha value is -2.79. The van der Waals surface area contributed by atoms with Gasteiger partial charge in [-0.3, -0.25) is 0 Å². The Morgan fingerprint density at radius 3 is 2.60 bits per heavy atom. The van der Waals surface area contributed by atoms with E-state index in [1.807, 2.05) is 0 Å². The largest absolute Gasteiger partial charge is 0.486 e. The minimum absolute atomic E-state index is 0.0338. The Bertz CT molecular complexity index is 858. The highest BCUT2D eigenvalue weighted by Crippen LogP contribution is 2.18. The Morgan fingerprint density at radius 2 is 1.84 bits per heavy atom. The van der Waals surface area contributed by atoms with Crippen LogP contribution in [0.1, 0.15) is 21.9 Å². The van der Waals surface area contributed by atoms with Gasteiger partial charge < -0.3 is 13.9 Å². The van der Waals surface area contributed by atoms with Crippen LogP contribution in [0.5, 0.6) is 5.75 Å². The summed E-state index contributed by atoms with van der Waals surface area (Å²) in [6, 6.07) is 15.9. The second-order valence-corrected chi connectivity index (χ2v) is 5.65. The first-order valence-corrected chi connectivity index (χ1v) is 7.86. The van der Waals surface area contributed by atoms with Crippen molar-refractivity contribution in [2.75, 3.05) is 0 Å². The number of benzene rings is 2. The van der Waals surface area contributed by atoms with Crippen molar-refractivity contribution in [1.82, 2.24) is 0 Å². The van der Waals surface area contributed by atoms with Crippen molar-refractivity contribution in [2.45, 2.75) is 13.2 Å². The first-order valence-electron chi connectivity index (χ1n) is 7.49. The molecule has 0 radical (unpaired) electrons. The molecule has 0 unspecified atom stereocenters. The summed E-state index contributed by atoms with van der Waals surface area (Å²) in [6.45, 7) is 0.132. The third-order valence-corrected chi connectivity index (χ3v) is 3.57. The van der Waals surface area contributed by atoms with Gasteiger partial charge in [-0.1, -0.05) is 23.7 Å². The molecule has 0 N–H and O–H groups in total. The number of esters is 1. The number of ether oxygens (including phenoxy) is 2. The van der Waals surface area contributed by atoms with E-state index in [0.29, 0.717) is 22.1 Å². The summed E-state index contributed by atoms with van der Waals surface area (Å²) in [5.41, 5.74) is 0.561. The van der Waals surface area contributed by atoms with Crippen LogP contribution in [0.3, 0.4) is 0 Å². The molecular weight excluding hydrogens is 347 g/mol. The number of carbonyl (C=O) groups is 1. The molecule has 1 aromatic heterocycles. The first kappa shape index (κ1) is 17.0. The second-order valence-electron chi connectivity index (χ2n) is 5.21. The molecule has 2 aromatic carbocycles. The van der Waals surface area contributed by atoms with E-state index in [2.05, 4.69) is 0 Å². The van der Waals surface area contributed by atoms with Crippen molar-refractivity contribution in [3.8, 4) is 5.75 Å². The van der Waals surface area contributed by atoms with Crippen molar-refractivity contribution in [2.24, 2.45) is 0 Å². The van der Waals surface area contributed by atoms with Crippen LogP contribution in [0.15, 0.2) is 65.1 Å². The van der Waals surface area contributed by atoms with Crippen LogP contribution in [-0.4, -0.2) is 5.97 Å². The predicted molar refractivity (Wildman–Crippen MR) is 90.0 cm³/mol. The number of carbonyl (C=O) groups excluding carboxylic acids is 1. The molecule has 3 rings (SSSR count). The van der Waals surface area contributed by atoms with Gasteiger partial charge >= 0.3 is 5.97 Å². The molecule has 0 saturated carbocycles. The summed E-state index contributed by atoms with van der Waals surface area (Å²) in [5, 5.41) is 0.619. The molecule has 25 heavy (non-hydrogen) atoms. The highest BCUT2D eigenvalue weighted by molar-refractivity contribution is 6.30. The Morgan fingerprint density at radius 1 is 1.04 bits per heavy atom. The number of furan rings is 1. The fraction of sp³-hybridized carbons (Fsp3) is 0.105. The van der Waals surface area contributed by atoms with E-state index in [1.54, 1.807) is 42.5 Å². The standard InChI is InChI=1S/C19H14ClFO4/c20-14-4-6-16(7-5-14)23-12-17-8-9-18(25-17)19(22)24-11-13-2-1-3-15(21)10-13/h1-10H,11-12H2. The van der Waals surface area contributed by atoms with Crippen LogP contribution in [-0.2, 0) is 18.0 Å². The molecule has 0 amide bonds. The summed E-state index contributed by atoms with van der Waals surface area (Å²) >= 11 is 5.80. The highest BCUT2D eigenvalue weighted by Gasteiger charge is 2.13. The number of hydrogen-bond donors (Lipinski definition) is 0. The van der Waals surface area contributed by atoms with Gasteiger partial charge in [0.1, 0.15) is 30.5 Å². The molecule has 128 valence electrons. The number of halogens is 2. The predicted octanol–water partition coefficient (Wildman–Crippen LogP) is 5.01. The van der Waals surface area contributed by atoms with Crippen LogP contribution < -0.4 is 4.74 Å². The first-order chi connectivity index (χ1) is 12.1. The van der Waals surface area contributed by atoms with Crippen LogP contribution in [0.2, 0.25) is 5.02 Å². The smallest absolute Gasteiger partial charge is 0.374 e. The lowest BCUT2D eigenvalue weighted by atomic mass is 10.2. The maximum Gasteiger partial charge on any atom is 0.374 e. The molecule has 1 heterocycles. The second kappa shape index (κ2) is 7.85. The van der Waals surface area contributed by atoms with E-state index in [-0.39, 0.29) is 24.8 Å². The van der Waals surface area contributed by atoms with Gasteiger partial charge in [0.2, 0.25) is 5.76 Å². The van der Waals surface area contributed by atoms with Crippen molar-refractivity contribution in [3.63, 3.8) is 0 Å². The van der Waals surface area contributed by atoms with Crippen molar-refractivity contribution in [3.05, 3.63) is 88.6 Å². The zero-order valence-electron chi connectivity index (χ0n) is 13.1. The van der Waals surface area contributed by atoms with Gasteiger partial charge in [-0.25, -0.2) is 9.18 Å². The lowest BCUT2D eigenvalue weighted by Gasteiger charge is -2.04. The summed E-state index contributed by atoms with van der Waals surface area (Å²) in [5.74, 6) is 0.171. The lowest BCUT2D eigenvalue weighted by molar-refractivity contribution is 0.0432. The average molecular weight is 361 g/mol. The minimum atomic E-state index is -0.623. The molecule has 0 aliphatic carbocycles. The van der Waals surface area contributed by atoms with Crippen molar-refractivity contribution < 1.29 is 23.1 Å². The Balaban J connectivity index is 1.53. The van der Waals surface area contributed by atoms with E-state index < -0.39 is 5.97 Å². The van der Waals surface area contributed by atoms with Gasteiger partial charge in [-0.2, -0.15) is 0 Å². The minimum Gasteiger partial charge on any atom is -0.486 e. The SMILES string of the molecule is O=C(OCc1cccc(F)c1)c1ccc(COc2ccc(Cl)cc2)o1. The van der Waals surface area contributed by atoms with Gasteiger partial charge in [0, 0.05) is 5.02 Å². The normalized spacial score (nSPS) is 10.5. The average Bonchev–Trinajstić information content (AvgIpc) is 3.08. The van der Waals surface area contributed by atoms with Crippen LogP contribution in [0, 0.1) is 5.82 Å². The van der Waals surface area contributed by atoms with E-state index in [4.69, 9.17) is 25.5 Å². The quantitative estimate of drug-likeness (QED) is 0.580. The van der Waals surface area contributed by atoms with Gasteiger partial charge in [0.15, 0.2) is 0 Å². The Kier molecular flexibility index (Phi) is 5.36. The van der Waals surface area contributed by atoms with Gasteiger partial charge in [-0.05, 0) is 54.1 Å². The molecule has 4 nitrogen and oxygen atoms in total. The monoisotopic (exact) mass is 360 g/mol. The maximum absolute atomic E-state index is 13.1. The molecule has 0 aliphatic rings. The highest BCUT2D eigenvalue weighted by atomic mass is 35.5. The molecular formula is C19H14ClFO4. The Labute approximate surface area is 148 Å². The van der Waals surface area contributed by atoms with Gasteiger partial charge in [0.25, 0.3) is 0 Å². The molecule has 0 atom stereocenters. The molecule has 0 aliphatic heterocycles.